The van der Waals surface area contributed by atoms with Gasteiger partial charge >= 0.3 is 0 Å². The summed E-state index contributed by atoms with van der Waals surface area (Å²) in [5, 5.41) is 10.8. The highest BCUT2D eigenvalue weighted by molar-refractivity contribution is 5.90. The number of carbonyl (C=O) groups is 1. The van der Waals surface area contributed by atoms with Crippen molar-refractivity contribution in [3.63, 3.8) is 0 Å². The van der Waals surface area contributed by atoms with Crippen molar-refractivity contribution in [2.75, 3.05) is 29.9 Å². The van der Waals surface area contributed by atoms with Crippen molar-refractivity contribution in [2.45, 2.75) is 13.8 Å². The average molecular weight is 300 g/mol. The van der Waals surface area contributed by atoms with Crippen molar-refractivity contribution in [2.24, 2.45) is 0 Å². The summed E-state index contributed by atoms with van der Waals surface area (Å²) in [6.07, 6.45) is 0. The predicted octanol–water partition coefficient (Wildman–Crippen LogP) is 2.34. The van der Waals surface area contributed by atoms with Crippen LogP contribution in [0.3, 0.4) is 0 Å². The summed E-state index contributed by atoms with van der Waals surface area (Å²) in [6.45, 7) is 5.77. The normalized spacial score (nSPS) is 10.1. The smallest absolute Gasteiger partial charge is 0.263 e. The van der Waals surface area contributed by atoms with E-state index in [9.17, 15) is 4.79 Å². The van der Waals surface area contributed by atoms with Crippen molar-refractivity contribution in [3.8, 4) is 5.75 Å². The van der Waals surface area contributed by atoms with Crippen molar-refractivity contribution in [1.29, 1.82) is 0 Å². The largest absolute Gasteiger partial charge is 0.484 e. The van der Waals surface area contributed by atoms with Crippen LogP contribution in [0.1, 0.15) is 13.8 Å². The van der Waals surface area contributed by atoms with Gasteiger partial charge in [-0.05, 0) is 38.1 Å². The molecule has 6 heteroatoms. The number of hydrogen-bond acceptors (Lipinski definition) is 5. The van der Waals surface area contributed by atoms with Crippen LogP contribution in [0.2, 0.25) is 0 Å². The molecule has 0 unspecified atom stereocenters. The van der Waals surface area contributed by atoms with Crippen LogP contribution in [-0.4, -0.2) is 35.8 Å². The van der Waals surface area contributed by atoms with Crippen molar-refractivity contribution in [3.05, 3.63) is 42.5 Å². The molecule has 116 valence electrons. The molecule has 22 heavy (non-hydrogen) atoms. The van der Waals surface area contributed by atoms with Gasteiger partial charge in [-0.3, -0.25) is 4.79 Å². The number of nitrogens with one attached hydrogen (secondary N) is 1. The first kappa shape index (κ1) is 15.8. The van der Waals surface area contributed by atoms with Gasteiger partial charge in [-0.15, -0.1) is 10.2 Å². The Morgan fingerprint density at radius 3 is 2.41 bits per heavy atom. The molecule has 0 fully saturated rings. The summed E-state index contributed by atoms with van der Waals surface area (Å²) in [7, 11) is 0. The summed E-state index contributed by atoms with van der Waals surface area (Å²) >= 11 is 0. The van der Waals surface area contributed by atoms with Gasteiger partial charge in [0.05, 0.1) is 0 Å². The van der Waals surface area contributed by atoms with E-state index < -0.39 is 0 Å². The first-order valence-electron chi connectivity index (χ1n) is 7.29. The third kappa shape index (κ3) is 4.44. The number of hydrogen-bond donors (Lipinski definition) is 1. The molecular formula is C16H20N4O2. The highest BCUT2D eigenvalue weighted by Crippen LogP contribution is 2.11. The van der Waals surface area contributed by atoms with Gasteiger partial charge in [0, 0.05) is 13.1 Å². The Kier molecular flexibility index (Phi) is 5.71. The number of amides is 1. The van der Waals surface area contributed by atoms with Crippen LogP contribution in [0.25, 0.3) is 0 Å². The summed E-state index contributed by atoms with van der Waals surface area (Å²) < 4.78 is 5.37. The Morgan fingerprint density at radius 2 is 1.82 bits per heavy atom. The van der Waals surface area contributed by atoms with E-state index in [1.54, 1.807) is 18.2 Å². The minimum Gasteiger partial charge on any atom is -0.484 e. The minimum absolute atomic E-state index is 0.0660. The maximum atomic E-state index is 11.8. The van der Waals surface area contributed by atoms with Crippen molar-refractivity contribution in [1.82, 2.24) is 10.2 Å². The molecule has 0 aliphatic carbocycles. The first-order valence-corrected chi connectivity index (χ1v) is 7.29. The summed E-state index contributed by atoms with van der Waals surface area (Å²) in [6, 6.07) is 12.8. The van der Waals surface area contributed by atoms with Crippen LogP contribution >= 0.6 is 0 Å². The third-order valence-electron chi connectivity index (χ3n) is 3.12. The predicted molar refractivity (Wildman–Crippen MR) is 86.2 cm³/mol. The van der Waals surface area contributed by atoms with Crippen LogP contribution in [-0.2, 0) is 4.79 Å². The Bertz CT molecular complexity index is 583. The van der Waals surface area contributed by atoms with Gasteiger partial charge in [-0.25, -0.2) is 0 Å². The molecule has 6 nitrogen and oxygen atoms in total. The van der Waals surface area contributed by atoms with Crippen LogP contribution in [0.15, 0.2) is 42.5 Å². The second-order valence-corrected chi connectivity index (χ2v) is 4.60. The number of rotatable bonds is 7. The molecule has 1 amide bonds. The molecule has 0 atom stereocenters. The van der Waals surface area contributed by atoms with Gasteiger partial charge in [-0.1, -0.05) is 18.2 Å². The molecule has 0 aliphatic rings. The van der Waals surface area contributed by atoms with Gasteiger partial charge in [0.2, 0.25) is 0 Å². The third-order valence-corrected chi connectivity index (χ3v) is 3.12. The lowest BCUT2D eigenvalue weighted by atomic mass is 10.3. The van der Waals surface area contributed by atoms with Gasteiger partial charge in [0.15, 0.2) is 18.2 Å². The Hall–Kier alpha value is -2.63. The molecule has 2 rings (SSSR count). The van der Waals surface area contributed by atoms with Gasteiger partial charge in [0.25, 0.3) is 5.91 Å². The van der Waals surface area contributed by atoms with E-state index in [4.69, 9.17) is 4.74 Å². The van der Waals surface area contributed by atoms with Gasteiger partial charge in [0.1, 0.15) is 5.75 Å². The molecule has 0 aliphatic heterocycles. The zero-order valence-electron chi connectivity index (χ0n) is 12.8. The molecule has 0 bridgehead atoms. The quantitative estimate of drug-likeness (QED) is 0.850. The summed E-state index contributed by atoms with van der Waals surface area (Å²) in [5.74, 6) is 1.59. The SMILES string of the molecule is CCN(CC)c1ccc(NC(=O)COc2ccccc2)nn1. The lowest BCUT2D eigenvalue weighted by Crippen LogP contribution is -2.24. The van der Waals surface area contributed by atoms with E-state index in [0.717, 1.165) is 18.9 Å². The Balaban J connectivity index is 1.86. The van der Waals surface area contributed by atoms with Crippen LogP contribution in [0.5, 0.6) is 5.75 Å². The number of anilines is 2. The Labute approximate surface area is 130 Å². The van der Waals surface area contributed by atoms with E-state index in [2.05, 4.69) is 34.3 Å². The van der Waals surface area contributed by atoms with Crippen molar-refractivity contribution >= 4 is 17.5 Å². The average Bonchev–Trinajstić information content (AvgIpc) is 2.56. The topological polar surface area (TPSA) is 67.4 Å². The maximum Gasteiger partial charge on any atom is 0.263 e. The molecule has 0 saturated carbocycles. The second-order valence-electron chi connectivity index (χ2n) is 4.60. The van der Waals surface area contributed by atoms with Gasteiger partial charge < -0.3 is 15.0 Å². The molecule has 1 N–H and O–H groups in total. The lowest BCUT2D eigenvalue weighted by Gasteiger charge is -2.18. The number of aromatic nitrogens is 2. The van der Waals surface area contributed by atoms with E-state index in [1.165, 1.54) is 0 Å². The molecule has 1 aromatic heterocycles. The van der Waals surface area contributed by atoms with E-state index in [1.807, 2.05) is 24.3 Å². The van der Waals surface area contributed by atoms with Crippen molar-refractivity contribution < 1.29 is 9.53 Å². The first-order chi connectivity index (χ1) is 10.7. The fourth-order valence-corrected chi connectivity index (χ4v) is 1.95. The number of carbonyl (C=O) groups excluding carboxylic acids is 1. The molecular weight excluding hydrogens is 280 g/mol. The monoisotopic (exact) mass is 300 g/mol. The molecule has 0 saturated heterocycles. The van der Waals surface area contributed by atoms with E-state index in [-0.39, 0.29) is 12.5 Å². The molecule has 2 aromatic rings. The van der Waals surface area contributed by atoms with Crippen LogP contribution < -0.4 is 15.0 Å². The summed E-state index contributed by atoms with van der Waals surface area (Å²) in [4.78, 5) is 13.9. The minimum atomic E-state index is -0.270. The van der Waals surface area contributed by atoms with E-state index >= 15 is 0 Å². The molecule has 0 spiro atoms. The number of para-hydroxylation sites is 1. The number of benzene rings is 1. The highest BCUT2D eigenvalue weighted by atomic mass is 16.5. The van der Waals surface area contributed by atoms with Gasteiger partial charge in [-0.2, -0.15) is 0 Å². The van der Waals surface area contributed by atoms with E-state index in [0.29, 0.717) is 11.6 Å². The zero-order valence-corrected chi connectivity index (χ0v) is 12.8. The number of ether oxygens (including phenoxy) is 1. The lowest BCUT2D eigenvalue weighted by molar-refractivity contribution is -0.118. The molecule has 1 heterocycles. The second kappa shape index (κ2) is 7.97. The molecule has 0 radical (unpaired) electrons. The highest BCUT2D eigenvalue weighted by Gasteiger charge is 2.07. The fourth-order valence-electron chi connectivity index (χ4n) is 1.95. The summed E-state index contributed by atoms with van der Waals surface area (Å²) in [5.41, 5.74) is 0. The standard InChI is InChI=1S/C16H20N4O2/c1-3-20(4-2)15-11-10-14(18-19-15)17-16(21)12-22-13-8-6-5-7-9-13/h5-11H,3-4,12H2,1-2H3,(H,17,18,21). The maximum absolute atomic E-state index is 11.8. The molecule has 1 aromatic carbocycles. The van der Waals surface area contributed by atoms with Crippen LogP contribution in [0.4, 0.5) is 11.6 Å². The zero-order chi connectivity index (χ0) is 15.8. The fraction of sp³-hybridized carbons (Fsp3) is 0.312. The van der Waals surface area contributed by atoms with Crippen LogP contribution in [0, 0.1) is 0 Å². The Morgan fingerprint density at radius 1 is 1.09 bits per heavy atom. The number of nitrogens with zero attached hydrogens (tertiary/aromatic N) is 3.